The Morgan fingerprint density at radius 2 is 1.69 bits per heavy atom. The van der Waals surface area contributed by atoms with Crippen LogP contribution in [0.2, 0.25) is 0 Å². The number of benzene rings is 2. The van der Waals surface area contributed by atoms with Crippen molar-refractivity contribution in [2.45, 2.75) is 16.9 Å². The summed E-state index contributed by atoms with van der Waals surface area (Å²) in [6.07, 6.45) is -3.76. The molecule has 0 bridgehead atoms. The molecule has 0 aliphatic carbocycles. The number of ether oxygens (including phenoxy) is 2. The van der Waals surface area contributed by atoms with E-state index in [0.717, 1.165) is 0 Å². The van der Waals surface area contributed by atoms with Gasteiger partial charge in [-0.25, -0.2) is 8.42 Å². The predicted octanol–water partition coefficient (Wildman–Crippen LogP) is 3.83. The zero-order chi connectivity index (χ0) is 20.6. The highest BCUT2D eigenvalue weighted by molar-refractivity contribution is 7.90. The number of amides is 1. The summed E-state index contributed by atoms with van der Waals surface area (Å²) in [7, 11) is -3.63. The lowest BCUT2D eigenvalue weighted by Crippen LogP contribution is -2.25. The first kappa shape index (κ1) is 18.9. The molecule has 7 nitrogen and oxygen atoms in total. The third kappa shape index (κ3) is 4.06. The Balaban J connectivity index is 1.46. The van der Waals surface area contributed by atoms with E-state index in [4.69, 9.17) is 4.42 Å². The van der Waals surface area contributed by atoms with E-state index in [9.17, 15) is 22.0 Å². The van der Waals surface area contributed by atoms with Gasteiger partial charge in [0.15, 0.2) is 27.1 Å². The maximum absolute atomic E-state index is 13.1. The molecule has 29 heavy (non-hydrogen) atoms. The number of rotatable bonds is 5. The smallest absolute Gasteiger partial charge is 0.455 e. The topological polar surface area (TPSA) is 94.8 Å². The number of fused-ring (bicyclic) bond motifs is 1. The molecule has 0 radical (unpaired) electrons. The van der Waals surface area contributed by atoms with Crippen molar-refractivity contribution in [1.29, 1.82) is 0 Å². The molecule has 0 saturated heterocycles. The van der Waals surface area contributed by atoms with Crippen LogP contribution in [0.3, 0.4) is 0 Å². The summed E-state index contributed by atoms with van der Waals surface area (Å²) in [5.74, 6) is -1.51. The highest BCUT2D eigenvalue weighted by Crippen LogP contribution is 2.42. The molecule has 1 aliphatic heterocycles. The lowest BCUT2D eigenvalue weighted by molar-refractivity contribution is -0.286. The Kier molecular flexibility index (Phi) is 4.50. The lowest BCUT2D eigenvalue weighted by Gasteiger charge is -2.05. The molecule has 1 amide bonds. The number of sulfone groups is 1. The van der Waals surface area contributed by atoms with Gasteiger partial charge in [-0.1, -0.05) is 18.2 Å². The van der Waals surface area contributed by atoms with E-state index in [1.165, 1.54) is 42.5 Å². The monoisotopic (exact) mass is 421 g/mol. The maximum atomic E-state index is 13.1. The summed E-state index contributed by atoms with van der Waals surface area (Å²) in [4.78, 5) is 12.5. The summed E-state index contributed by atoms with van der Waals surface area (Å²) in [5, 5.41) is 2.46. The van der Waals surface area contributed by atoms with Gasteiger partial charge in [-0.05, 0) is 36.4 Å². The number of carbonyl (C=O) groups is 1. The van der Waals surface area contributed by atoms with Gasteiger partial charge in [-0.2, -0.15) is 0 Å². The number of anilines is 1. The molecule has 2 heterocycles. The largest absolute Gasteiger partial charge is 0.586 e. The van der Waals surface area contributed by atoms with Crippen LogP contribution < -0.4 is 14.8 Å². The van der Waals surface area contributed by atoms with Crippen molar-refractivity contribution >= 4 is 21.4 Å². The molecule has 0 atom stereocenters. The van der Waals surface area contributed by atoms with Crippen molar-refractivity contribution in [3.8, 4) is 11.5 Å². The van der Waals surface area contributed by atoms with Gasteiger partial charge < -0.3 is 19.2 Å². The molecule has 150 valence electrons. The van der Waals surface area contributed by atoms with Crippen LogP contribution in [0.5, 0.6) is 11.5 Å². The fraction of sp³-hybridized carbons (Fsp3) is 0.105. The lowest BCUT2D eigenvalue weighted by atomic mass is 10.2. The van der Waals surface area contributed by atoms with Crippen molar-refractivity contribution in [1.82, 2.24) is 0 Å². The summed E-state index contributed by atoms with van der Waals surface area (Å²) >= 11 is 0. The number of carbonyl (C=O) groups excluding carboxylic acids is 1. The van der Waals surface area contributed by atoms with E-state index in [-0.39, 0.29) is 33.6 Å². The Morgan fingerprint density at radius 3 is 2.45 bits per heavy atom. The first-order chi connectivity index (χ1) is 13.7. The highest BCUT2D eigenvalue weighted by Gasteiger charge is 2.43. The Hall–Kier alpha value is -3.40. The second kappa shape index (κ2) is 6.89. The van der Waals surface area contributed by atoms with Gasteiger partial charge in [0.05, 0.1) is 4.90 Å². The van der Waals surface area contributed by atoms with Crippen LogP contribution in [0.25, 0.3) is 0 Å². The van der Waals surface area contributed by atoms with Crippen LogP contribution in [-0.4, -0.2) is 20.6 Å². The molecule has 0 spiro atoms. The van der Waals surface area contributed by atoms with Crippen LogP contribution in [0.15, 0.2) is 70.0 Å². The highest BCUT2D eigenvalue weighted by atomic mass is 32.2. The molecule has 1 aromatic heterocycles. The zero-order valence-electron chi connectivity index (χ0n) is 14.6. The van der Waals surface area contributed by atoms with Crippen LogP contribution in [-0.2, 0) is 15.6 Å². The average Bonchev–Trinajstić information content (AvgIpc) is 3.24. The van der Waals surface area contributed by atoms with Gasteiger partial charge in [0, 0.05) is 11.8 Å². The Bertz CT molecular complexity index is 1170. The van der Waals surface area contributed by atoms with Crippen LogP contribution in [0.4, 0.5) is 14.5 Å². The van der Waals surface area contributed by atoms with E-state index in [0.29, 0.717) is 0 Å². The minimum absolute atomic E-state index is 0.0873. The van der Waals surface area contributed by atoms with E-state index >= 15 is 0 Å². The number of furan rings is 1. The van der Waals surface area contributed by atoms with Crippen LogP contribution in [0.1, 0.15) is 16.3 Å². The fourth-order valence-corrected chi connectivity index (χ4v) is 3.96. The molecule has 2 aromatic carbocycles. The number of hydrogen-bond donors (Lipinski definition) is 1. The molecule has 0 unspecified atom stereocenters. The number of hydrogen-bond acceptors (Lipinski definition) is 6. The molecule has 3 aromatic rings. The average molecular weight is 421 g/mol. The van der Waals surface area contributed by atoms with Gasteiger partial charge in [0.2, 0.25) is 0 Å². The molecule has 0 saturated carbocycles. The molecule has 1 N–H and O–H groups in total. The van der Waals surface area contributed by atoms with E-state index < -0.39 is 27.8 Å². The molecule has 4 rings (SSSR count). The number of alkyl halides is 2. The summed E-state index contributed by atoms with van der Waals surface area (Å²) in [5.41, 5.74) is 0.171. The van der Waals surface area contributed by atoms with E-state index in [2.05, 4.69) is 14.8 Å². The van der Waals surface area contributed by atoms with Crippen molar-refractivity contribution in [2.24, 2.45) is 0 Å². The molecule has 1 aliphatic rings. The van der Waals surface area contributed by atoms with Gasteiger partial charge in [-0.15, -0.1) is 8.78 Å². The third-order valence-electron chi connectivity index (χ3n) is 3.98. The van der Waals surface area contributed by atoms with Crippen LogP contribution >= 0.6 is 0 Å². The molecule has 0 fully saturated rings. The quantitative estimate of drug-likeness (QED) is 0.673. The van der Waals surface area contributed by atoms with Crippen LogP contribution in [0, 0.1) is 0 Å². The second-order valence-corrected chi connectivity index (χ2v) is 8.11. The summed E-state index contributed by atoms with van der Waals surface area (Å²) in [6.45, 7) is 0. The molecule has 10 heteroatoms. The third-order valence-corrected chi connectivity index (χ3v) is 5.63. The Labute approximate surface area is 163 Å². The summed E-state index contributed by atoms with van der Waals surface area (Å²) in [6, 6.07) is 14.3. The van der Waals surface area contributed by atoms with Crippen molar-refractivity contribution in [2.75, 3.05) is 5.32 Å². The maximum Gasteiger partial charge on any atom is 0.586 e. The second-order valence-electron chi connectivity index (χ2n) is 6.12. The predicted molar refractivity (Wildman–Crippen MR) is 96.6 cm³/mol. The molecular formula is C19H13F2NO6S. The van der Waals surface area contributed by atoms with E-state index in [1.807, 2.05) is 0 Å². The molecular weight excluding hydrogens is 408 g/mol. The number of nitrogens with one attached hydrogen (secondary N) is 1. The van der Waals surface area contributed by atoms with Gasteiger partial charge in [0.1, 0.15) is 11.5 Å². The minimum atomic E-state index is -3.76. The normalized spacial score (nSPS) is 14.6. The SMILES string of the molecule is O=C(Nc1ccc2c(c1)OC(F)(F)O2)c1ccc(CS(=O)(=O)c2ccccc2)o1. The van der Waals surface area contributed by atoms with Crippen molar-refractivity contribution < 1.29 is 35.9 Å². The summed E-state index contributed by atoms with van der Waals surface area (Å²) < 4.78 is 64.8. The number of halogens is 2. The van der Waals surface area contributed by atoms with Gasteiger partial charge in [-0.3, -0.25) is 4.79 Å². The first-order valence-corrected chi connectivity index (χ1v) is 9.95. The van der Waals surface area contributed by atoms with Gasteiger partial charge in [0.25, 0.3) is 5.91 Å². The van der Waals surface area contributed by atoms with Crippen molar-refractivity contribution in [3.05, 3.63) is 72.2 Å². The van der Waals surface area contributed by atoms with Crippen molar-refractivity contribution in [3.63, 3.8) is 0 Å². The zero-order valence-corrected chi connectivity index (χ0v) is 15.4. The fourth-order valence-electron chi connectivity index (χ4n) is 2.70. The minimum Gasteiger partial charge on any atom is -0.455 e. The Morgan fingerprint density at radius 1 is 0.966 bits per heavy atom. The van der Waals surface area contributed by atoms with Gasteiger partial charge >= 0.3 is 6.29 Å². The standard InChI is InChI=1S/C19H13F2NO6S/c20-19(21)27-15-8-6-12(10-17(15)28-19)22-18(23)16-9-7-13(26-16)11-29(24,25)14-4-2-1-3-5-14/h1-10H,11H2,(H,22,23). The van der Waals surface area contributed by atoms with E-state index in [1.54, 1.807) is 18.2 Å². The first-order valence-electron chi connectivity index (χ1n) is 8.30.